The number of carboxylic acids is 1. The van der Waals surface area contributed by atoms with Crippen LogP contribution in [0.1, 0.15) is 11.7 Å². The number of aliphatic carboxylic acids is 1. The molecule has 0 aliphatic heterocycles. The van der Waals surface area contributed by atoms with E-state index in [0.29, 0.717) is 5.56 Å². The van der Waals surface area contributed by atoms with E-state index in [2.05, 4.69) is 0 Å². The van der Waals surface area contributed by atoms with Gasteiger partial charge in [-0.15, -0.1) is 0 Å². The summed E-state index contributed by atoms with van der Waals surface area (Å²) in [7, 11) is 1.00. The standard InChI is InChI=1S/C8H8O3.CH4O/c9-7(8(10)11)6-4-2-1-3-5-6;1-2/h1-5,7,9H,(H,10,11);2H,1H3. The molecule has 1 rings (SSSR count). The fourth-order valence-electron chi connectivity index (χ4n) is 0.778. The average molecular weight is 184 g/mol. The minimum absolute atomic E-state index is 0.403. The molecule has 1 atom stereocenters. The lowest BCUT2D eigenvalue weighted by Gasteiger charge is -2.03. The maximum atomic E-state index is 10.2. The summed E-state index contributed by atoms with van der Waals surface area (Å²) in [6, 6.07) is 8.26. The molecular formula is C9H12O4. The number of carbonyl (C=O) groups is 1. The second-order valence-corrected chi connectivity index (χ2v) is 2.15. The lowest BCUT2D eigenvalue weighted by atomic mass is 10.1. The third kappa shape index (κ3) is 3.68. The molecule has 4 heteroatoms. The smallest absolute Gasteiger partial charge is 0.337 e. The Kier molecular flexibility index (Phi) is 5.50. The second-order valence-electron chi connectivity index (χ2n) is 2.15. The molecule has 0 saturated heterocycles. The van der Waals surface area contributed by atoms with Crippen molar-refractivity contribution in [3.63, 3.8) is 0 Å². The van der Waals surface area contributed by atoms with Crippen LogP contribution in [0, 0.1) is 0 Å². The highest BCUT2D eigenvalue weighted by atomic mass is 16.4. The van der Waals surface area contributed by atoms with E-state index in [0.717, 1.165) is 7.11 Å². The molecule has 0 aliphatic carbocycles. The van der Waals surface area contributed by atoms with E-state index < -0.39 is 12.1 Å². The number of hydrogen-bond acceptors (Lipinski definition) is 3. The zero-order chi connectivity index (χ0) is 10.3. The molecule has 0 amide bonds. The topological polar surface area (TPSA) is 77.8 Å². The normalized spacial score (nSPS) is 11.0. The first-order chi connectivity index (χ1) is 6.22. The Labute approximate surface area is 76.1 Å². The van der Waals surface area contributed by atoms with Gasteiger partial charge in [0.05, 0.1) is 0 Å². The molecular weight excluding hydrogens is 172 g/mol. The van der Waals surface area contributed by atoms with E-state index in [4.69, 9.17) is 15.3 Å². The van der Waals surface area contributed by atoms with Crippen LogP contribution in [0.15, 0.2) is 30.3 Å². The van der Waals surface area contributed by atoms with Crippen LogP contribution >= 0.6 is 0 Å². The van der Waals surface area contributed by atoms with E-state index in [1.165, 1.54) is 0 Å². The molecule has 0 aromatic heterocycles. The number of carboxylic acid groups (broad SMARTS) is 1. The van der Waals surface area contributed by atoms with Crippen molar-refractivity contribution in [2.24, 2.45) is 0 Å². The van der Waals surface area contributed by atoms with Gasteiger partial charge in [0.2, 0.25) is 0 Å². The average Bonchev–Trinajstić information content (AvgIpc) is 2.21. The Hall–Kier alpha value is -1.39. The van der Waals surface area contributed by atoms with Crippen molar-refractivity contribution >= 4 is 5.97 Å². The van der Waals surface area contributed by atoms with Crippen molar-refractivity contribution in [2.45, 2.75) is 6.10 Å². The molecule has 1 aromatic rings. The van der Waals surface area contributed by atoms with E-state index >= 15 is 0 Å². The van der Waals surface area contributed by atoms with Crippen LogP contribution in [0.2, 0.25) is 0 Å². The van der Waals surface area contributed by atoms with Gasteiger partial charge in [0.25, 0.3) is 0 Å². The molecule has 0 spiro atoms. The van der Waals surface area contributed by atoms with Crippen LogP contribution in [-0.4, -0.2) is 28.4 Å². The lowest BCUT2D eigenvalue weighted by Crippen LogP contribution is -2.09. The largest absolute Gasteiger partial charge is 0.479 e. The molecule has 0 radical (unpaired) electrons. The predicted octanol–water partition coefficient (Wildman–Crippen LogP) is 0.413. The van der Waals surface area contributed by atoms with Crippen molar-refractivity contribution in [3.8, 4) is 0 Å². The zero-order valence-corrected chi connectivity index (χ0v) is 7.21. The quantitative estimate of drug-likeness (QED) is 0.622. The first-order valence-electron chi connectivity index (χ1n) is 3.62. The summed E-state index contributed by atoms with van der Waals surface area (Å²) < 4.78 is 0. The van der Waals surface area contributed by atoms with Gasteiger partial charge in [0, 0.05) is 7.11 Å². The van der Waals surface area contributed by atoms with Crippen LogP contribution in [0.5, 0.6) is 0 Å². The maximum absolute atomic E-state index is 10.2. The molecule has 13 heavy (non-hydrogen) atoms. The highest BCUT2D eigenvalue weighted by Crippen LogP contribution is 2.10. The number of aliphatic hydroxyl groups excluding tert-OH is 2. The third-order valence-corrected chi connectivity index (χ3v) is 1.35. The molecule has 0 heterocycles. The van der Waals surface area contributed by atoms with Gasteiger partial charge < -0.3 is 15.3 Å². The Morgan fingerprint density at radius 1 is 1.23 bits per heavy atom. The Morgan fingerprint density at radius 2 is 1.69 bits per heavy atom. The van der Waals surface area contributed by atoms with Gasteiger partial charge in [-0.25, -0.2) is 4.79 Å². The SMILES string of the molecule is CO.O=C(O)C(O)c1ccccc1. The molecule has 1 aromatic carbocycles. The summed E-state index contributed by atoms with van der Waals surface area (Å²) in [5.41, 5.74) is 0.403. The zero-order valence-electron chi connectivity index (χ0n) is 7.21. The van der Waals surface area contributed by atoms with Crippen LogP contribution in [0.4, 0.5) is 0 Å². The Balaban J connectivity index is 0.000000671. The van der Waals surface area contributed by atoms with Gasteiger partial charge in [-0.2, -0.15) is 0 Å². The van der Waals surface area contributed by atoms with Crippen molar-refractivity contribution < 1.29 is 20.1 Å². The molecule has 0 aliphatic rings. The van der Waals surface area contributed by atoms with Crippen LogP contribution in [-0.2, 0) is 4.79 Å². The summed E-state index contributed by atoms with van der Waals surface area (Å²) in [6.07, 6.45) is -1.41. The van der Waals surface area contributed by atoms with Gasteiger partial charge >= 0.3 is 5.97 Å². The van der Waals surface area contributed by atoms with E-state index in [-0.39, 0.29) is 0 Å². The first kappa shape index (κ1) is 11.6. The molecule has 1 unspecified atom stereocenters. The summed E-state index contributed by atoms with van der Waals surface area (Å²) >= 11 is 0. The molecule has 4 nitrogen and oxygen atoms in total. The van der Waals surface area contributed by atoms with Gasteiger partial charge in [-0.3, -0.25) is 0 Å². The van der Waals surface area contributed by atoms with E-state index in [9.17, 15) is 4.79 Å². The van der Waals surface area contributed by atoms with Crippen molar-refractivity contribution in [2.75, 3.05) is 7.11 Å². The van der Waals surface area contributed by atoms with Gasteiger partial charge in [0.15, 0.2) is 6.10 Å². The molecule has 0 saturated carbocycles. The summed E-state index contributed by atoms with van der Waals surface area (Å²) in [6.45, 7) is 0. The van der Waals surface area contributed by atoms with Crippen molar-refractivity contribution in [1.82, 2.24) is 0 Å². The molecule has 3 N–H and O–H groups in total. The maximum Gasteiger partial charge on any atom is 0.337 e. The number of rotatable bonds is 2. The Morgan fingerprint density at radius 3 is 2.08 bits per heavy atom. The summed E-state index contributed by atoms with van der Waals surface area (Å²) in [5, 5.41) is 24.4. The minimum Gasteiger partial charge on any atom is -0.479 e. The highest BCUT2D eigenvalue weighted by molar-refractivity contribution is 5.73. The van der Waals surface area contributed by atoms with Gasteiger partial charge in [0.1, 0.15) is 0 Å². The van der Waals surface area contributed by atoms with Gasteiger partial charge in [-0.1, -0.05) is 30.3 Å². The van der Waals surface area contributed by atoms with E-state index in [1.807, 2.05) is 0 Å². The number of hydrogen-bond donors (Lipinski definition) is 3. The monoisotopic (exact) mass is 184 g/mol. The van der Waals surface area contributed by atoms with E-state index in [1.54, 1.807) is 30.3 Å². The molecule has 72 valence electrons. The fourth-order valence-corrected chi connectivity index (χ4v) is 0.778. The lowest BCUT2D eigenvalue weighted by molar-refractivity contribution is -0.146. The first-order valence-corrected chi connectivity index (χ1v) is 3.62. The number of aliphatic hydroxyl groups is 2. The predicted molar refractivity (Wildman–Crippen MR) is 47.2 cm³/mol. The summed E-state index contributed by atoms with van der Waals surface area (Å²) in [5.74, 6) is -1.23. The third-order valence-electron chi connectivity index (χ3n) is 1.35. The van der Waals surface area contributed by atoms with Crippen LogP contribution < -0.4 is 0 Å². The van der Waals surface area contributed by atoms with Gasteiger partial charge in [-0.05, 0) is 5.56 Å². The molecule has 0 fully saturated rings. The fraction of sp³-hybridized carbons (Fsp3) is 0.222. The highest BCUT2D eigenvalue weighted by Gasteiger charge is 2.14. The minimum atomic E-state index is -1.41. The number of benzene rings is 1. The van der Waals surface area contributed by atoms with Crippen LogP contribution in [0.25, 0.3) is 0 Å². The molecule has 0 bridgehead atoms. The second kappa shape index (κ2) is 6.16. The van der Waals surface area contributed by atoms with Crippen molar-refractivity contribution in [3.05, 3.63) is 35.9 Å². The Bertz CT molecular complexity index is 245. The van der Waals surface area contributed by atoms with Crippen LogP contribution in [0.3, 0.4) is 0 Å². The summed E-state index contributed by atoms with van der Waals surface area (Å²) in [4.78, 5) is 10.2. The van der Waals surface area contributed by atoms with Crippen molar-refractivity contribution in [1.29, 1.82) is 0 Å².